The van der Waals surface area contributed by atoms with Crippen molar-refractivity contribution >= 4 is 0 Å². The first kappa shape index (κ1) is 120. The Morgan fingerprint density at radius 2 is 0.519 bits per heavy atom. The Morgan fingerprint density at radius 1 is 0.289 bits per heavy atom. The van der Waals surface area contributed by atoms with Crippen LogP contribution >= 0.6 is 0 Å². The van der Waals surface area contributed by atoms with Crippen molar-refractivity contribution in [2.75, 3.05) is 0 Å². The molecular weight excluding hydrogens is 1630 g/mol. The van der Waals surface area contributed by atoms with E-state index in [1.807, 2.05) is 13.0 Å². The van der Waals surface area contributed by atoms with Crippen LogP contribution in [-0.4, -0.2) is 0 Å². The van der Waals surface area contributed by atoms with Gasteiger partial charge in [0, 0.05) is 12.8 Å². The van der Waals surface area contributed by atoms with Gasteiger partial charge in [0.05, 0.1) is 0 Å². The molecule has 0 bridgehead atoms. The molecular formula is C134H249F. The van der Waals surface area contributed by atoms with Gasteiger partial charge >= 0.3 is 0 Å². The van der Waals surface area contributed by atoms with Crippen LogP contribution in [0.25, 0.3) is 0 Å². The zero-order valence-corrected chi connectivity index (χ0v) is 93.1. The molecule has 3 aromatic carbocycles. The monoisotopic (exact) mass is 1880 g/mol. The highest BCUT2D eigenvalue weighted by Crippen LogP contribution is 2.50. The van der Waals surface area contributed by atoms with Crippen molar-refractivity contribution in [3.63, 3.8) is 0 Å². The molecule has 0 aliphatic heterocycles. The number of rotatable bonds is 12. The molecule has 13 saturated carbocycles. The summed E-state index contributed by atoms with van der Waals surface area (Å²) in [6, 6.07) is 22.2. The number of unbranched alkanes of at least 4 members (excludes halogenated alkanes) is 2. The summed E-state index contributed by atoms with van der Waals surface area (Å²) in [5.74, 6) is 26.1. The van der Waals surface area contributed by atoms with Gasteiger partial charge in [-0.15, -0.1) is 6.58 Å². The van der Waals surface area contributed by atoms with Gasteiger partial charge in [-0.3, -0.25) is 0 Å². The second kappa shape index (κ2) is 70.3. The molecule has 2 atom stereocenters. The molecule has 15 aliphatic carbocycles. The van der Waals surface area contributed by atoms with Gasteiger partial charge in [-0.25, -0.2) is 4.39 Å². The summed E-state index contributed by atoms with van der Waals surface area (Å²) in [6.45, 7) is 48.5. The third-order valence-electron chi connectivity index (χ3n) is 38.0. The Bertz CT molecular complexity index is 3220. The summed E-state index contributed by atoms with van der Waals surface area (Å²) in [7, 11) is 0. The smallest absolute Gasteiger partial charge is 0.126 e. The molecule has 0 spiro atoms. The summed E-state index contributed by atoms with van der Waals surface area (Å²) in [6.07, 6.45) is 105. The number of aryl methyl sites for hydroxylation is 6. The molecule has 0 nitrogen and oxygen atoms in total. The predicted molar refractivity (Wildman–Crippen MR) is 622 cm³/mol. The van der Waals surface area contributed by atoms with Crippen molar-refractivity contribution in [2.24, 2.45) is 148 Å². The molecule has 0 amide bonds. The SMILES string of the molecule is C.C/C=C/C1CCC(C2CCC(C3CCCC3)CC2)CC1.C=CC1CCC(C2CCC(C3CCCC3)CC2)CC1.CC1=CCC(C)CC1.CC1=CCC(C)CC1.CC1CCC(C)CC1.CC1CCC(C)CC1.CC1CCC(C)CC1.CC1CCC(C)CC1.CCCCCC1CCC(C2CCC(C3CCCC3)CC2)CC1.Cc1ccc(C)c(F)c1.Cc1ccc(C)cc1.Cc1ccc(C)cc1.[2HH].[HH].[HH].[HH].[HH].[HH].[HH].[HH].[HH]. The Hall–Kier alpha value is -3.45. The number of hydrogen-bond donors (Lipinski definition) is 0. The summed E-state index contributed by atoms with van der Waals surface area (Å²) >= 11 is 0. The fourth-order valence-corrected chi connectivity index (χ4v) is 27.0. The minimum atomic E-state index is -0.116. The van der Waals surface area contributed by atoms with Crippen molar-refractivity contribution in [3.8, 4) is 0 Å². The van der Waals surface area contributed by atoms with Crippen LogP contribution in [0.15, 0.2) is 115 Å². The molecule has 0 saturated heterocycles. The molecule has 0 N–H and O–H groups in total. The Labute approximate surface area is 858 Å². The molecule has 3 aromatic rings. The zero-order valence-electron chi connectivity index (χ0n) is 93.1. The van der Waals surface area contributed by atoms with Crippen LogP contribution in [0.5, 0.6) is 0 Å². The molecule has 792 valence electrons. The van der Waals surface area contributed by atoms with Gasteiger partial charge in [0.15, 0.2) is 0 Å². The second-order valence-corrected chi connectivity index (χ2v) is 50.4. The van der Waals surface area contributed by atoms with Crippen LogP contribution < -0.4 is 0 Å². The number of halogens is 1. The van der Waals surface area contributed by atoms with E-state index in [1.165, 1.54) is 285 Å². The number of hydrogen-bond acceptors (Lipinski definition) is 0. The summed E-state index contributed by atoms with van der Waals surface area (Å²) < 4.78 is 12.6. The molecule has 135 heavy (non-hydrogen) atoms. The fraction of sp³-hybridized carbons (Fsp3) is 0.806. The standard InChI is InChI=1S/C22H40.C20H34.C19H32.C8H9F.4C8H16.2C8H14.2C8H10.CH4.9H2/c1-2-3-4-7-18-10-12-20(13-11-18)22-16-14-21(15-17-22)19-8-5-6-9-19;1-2-5-16-8-10-18(11-9-16)20-14-12-19(13-15-20)17-6-3-4-7-17;1-2-15-7-9-17(10-8-15)19-13-11-18(12-14-19)16-5-3-4-6-16;1-6-3-4-7(2)8(9)5-6;8*1-7-3-5-8(2)6-4-7;;;;;;;;;;/h18-22H,2-17H2,1H3;2,5,16-20H,3-4,6-15H2,1H3;2,15-19H,1,3-14H2;3-5H,1-2H3;4*7-8H,3-6H2,1-2H3;2*3,8H,4-6H2,1-2H3;2*3-6H,1-2H3;1H4;9*1H/b;5-2+;;;;;;;;;;;;;;;;;;;;/i;;;;;;;;;;;;;1+1;;;;;;;;. The van der Waals surface area contributed by atoms with E-state index in [-0.39, 0.29) is 26.1 Å². The van der Waals surface area contributed by atoms with E-state index in [4.69, 9.17) is 0 Å². The van der Waals surface area contributed by atoms with Crippen LogP contribution in [-0.2, 0) is 0 Å². The molecule has 0 radical (unpaired) electrons. The highest BCUT2D eigenvalue weighted by Gasteiger charge is 2.38. The summed E-state index contributed by atoms with van der Waals surface area (Å²) in [5, 5.41) is 0. The molecule has 18 rings (SSSR count). The van der Waals surface area contributed by atoms with Crippen molar-refractivity contribution in [3.05, 3.63) is 154 Å². The van der Waals surface area contributed by atoms with Crippen LogP contribution in [0, 0.1) is 195 Å². The molecule has 2 unspecified atom stereocenters. The van der Waals surface area contributed by atoms with Gasteiger partial charge < -0.3 is 0 Å². The van der Waals surface area contributed by atoms with Crippen molar-refractivity contribution in [1.82, 2.24) is 0 Å². The summed E-state index contributed by atoms with van der Waals surface area (Å²) in [5.41, 5.74) is 10.2. The number of allylic oxidation sites excluding steroid dienone is 7. The first-order valence-corrected chi connectivity index (χ1v) is 60.0. The molecule has 15 aliphatic rings. The maximum absolute atomic E-state index is 12.6. The summed E-state index contributed by atoms with van der Waals surface area (Å²) in [4.78, 5) is 0. The van der Waals surface area contributed by atoms with E-state index in [1.54, 1.807) is 165 Å². The molecule has 0 aromatic heterocycles. The fourth-order valence-electron chi connectivity index (χ4n) is 27.0. The normalized spacial score (nSPS) is 32.6. The molecule has 0 heterocycles. The Morgan fingerprint density at radius 3 is 0.726 bits per heavy atom. The Balaban J connectivity index is -0.000000756. The minimum Gasteiger partial charge on any atom is -0.207 e. The van der Waals surface area contributed by atoms with E-state index < -0.39 is 0 Å². The lowest BCUT2D eigenvalue weighted by atomic mass is 9.67. The maximum Gasteiger partial charge on any atom is 0.126 e. The first-order chi connectivity index (χ1) is 64.6. The predicted octanol–water partition coefficient (Wildman–Crippen LogP) is 46.4. The lowest BCUT2D eigenvalue weighted by Crippen LogP contribution is -2.27. The van der Waals surface area contributed by atoms with Crippen molar-refractivity contribution in [1.29, 1.82) is 0 Å². The number of benzene rings is 3. The van der Waals surface area contributed by atoms with Gasteiger partial charge in [-0.2, -0.15) is 0 Å². The highest BCUT2D eigenvalue weighted by molar-refractivity contribution is 5.22. The van der Waals surface area contributed by atoms with Gasteiger partial charge in [0.1, 0.15) is 5.82 Å². The van der Waals surface area contributed by atoms with Crippen LogP contribution in [0.1, 0.15) is 549 Å². The third kappa shape index (κ3) is 51.6. The average Bonchev–Trinajstić information content (AvgIpc) is 1.44. The van der Waals surface area contributed by atoms with E-state index in [9.17, 15) is 4.39 Å². The first-order valence-electron chi connectivity index (χ1n) is 60.0. The van der Waals surface area contributed by atoms with Gasteiger partial charge in [0.25, 0.3) is 0 Å². The third-order valence-corrected chi connectivity index (χ3v) is 38.0. The second-order valence-electron chi connectivity index (χ2n) is 50.4. The van der Waals surface area contributed by atoms with E-state index in [0.717, 1.165) is 154 Å². The lowest BCUT2D eigenvalue weighted by Gasteiger charge is -2.39. The molecule has 13 fully saturated rings. The zero-order chi connectivity index (χ0) is 96.8. The van der Waals surface area contributed by atoms with Gasteiger partial charge in [-0.1, -0.05) is 426 Å². The van der Waals surface area contributed by atoms with Gasteiger partial charge in [-0.05, 0) is 407 Å². The van der Waals surface area contributed by atoms with Crippen molar-refractivity contribution < 1.29 is 17.2 Å². The highest BCUT2D eigenvalue weighted by atomic mass is 19.1. The van der Waals surface area contributed by atoms with E-state index in [0.29, 0.717) is 5.56 Å². The van der Waals surface area contributed by atoms with Crippen molar-refractivity contribution in [2.45, 2.75) is 544 Å². The van der Waals surface area contributed by atoms with Gasteiger partial charge in [0.2, 0.25) is 0 Å². The average molecular weight is 1880 g/mol. The topological polar surface area (TPSA) is 0 Å². The Kier molecular flexibility index (Phi) is 62.6. The molecule has 1 heteroatoms. The minimum absolute atomic E-state index is 0. The van der Waals surface area contributed by atoms with E-state index >= 15 is 0 Å². The quantitative estimate of drug-likeness (QED) is 0.125. The maximum atomic E-state index is 12.6. The van der Waals surface area contributed by atoms with Crippen LogP contribution in [0.4, 0.5) is 4.39 Å². The van der Waals surface area contributed by atoms with E-state index in [2.05, 4.69) is 210 Å². The lowest BCUT2D eigenvalue weighted by molar-refractivity contribution is 0.124. The van der Waals surface area contributed by atoms with Crippen LogP contribution in [0.3, 0.4) is 0 Å². The largest absolute Gasteiger partial charge is 0.207 e. The van der Waals surface area contributed by atoms with Crippen LogP contribution in [0.2, 0.25) is 0 Å².